The Kier molecular flexibility index (Phi) is 5.33. The first-order valence-electron chi connectivity index (χ1n) is 6.18. The van der Waals surface area contributed by atoms with E-state index < -0.39 is 11.9 Å². The Morgan fingerprint density at radius 1 is 1.24 bits per heavy atom. The SMILES string of the molecule is CNC(=O)NC(=O)CSc1nnc(Cc2ccccc2)o1. The van der Waals surface area contributed by atoms with E-state index in [0.29, 0.717) is 17.5 Å². The van der Waals surface area contributed by atoms with Crippen LogP contribution in [0.25, 0.3) is 0 Å². The van der Waals surface area contributed by atoms with Gasteiger partial charge in [-0.3, -0.25) is 10.1 Å². The number of hydrogen-bond acceptors (Lipinski definition) is 6. The van der Waals surface area contributed by atoms with Crippen molar-refractivity contribution in [1.82, 2.24) is 20.8 Å². The Labute approximate surface area is 125 Å². The van der Waals surface area contributed by atoms with Gasteiger partial charge < -0.3 is 9.73 Å². The molecule has 0 saturated heterocycles. The molecule has 2 aromatic rings. The highest BCUT2D eigenvalue weighted by Gasteiger charge is 2.11. The molecule has 1 heterocycles. The zero-order valence-electron chi connectivity index (χ0n) is 11.3. The van der Waals surface area contributed by atoms with Crippen molar-refractivity contribution in [2.24, 2.45) is 0 Å². The monoisotopic (exact) mass is 306 g/mol. The molecule has 2 N–H and O–H groups in total. The molecule has 0 aliphatic heterocycles. The lowest BCUT2D eigenvalue weighted by atomic mass is 10.2. The van der Waals surface area contributed by atoms with Gasteiger partial charge in [-0.25, -0.2) is 4.79 Å². The van der Waals surface area contributed by atoms with Gasteiger partial charge in [-0.2, -0.15) is 0 Å². The van der Waals surface area contributed by atoms with E-state index in [1.807, 2.05) is 30.3 Å². The Hall–Kier alpha value is -2.35. The number of carbonyl (C=O) groups excluding carboxylic acids is 2. The van der Waals surface area contributed by atoms with Crippen LogP contribution in [-0.2, 0) is 11.2 Å². The highest BCUT2D eigenvalue weighted by atomic mass is 32.2. The van der Waals surface area contributed by atoms with Gasteiger partial charge in [0.1, 0.15) is 0 Å². The van der Waals surface area contributed by atoms with E-state index in [-0.39, 0.29) is 5.75 Å². The summed E-state index contributed by atoms with van der Waals surface area (Å²) < 4.78 is 5.43. The van der Waals surface area contributed by atoms with Crippen LogP contribution in [0.15, 0.2) is 40.0 Å². The first kappa shape index (κ1) is 15.0. The third-order valence-electron chi connectivity index (χ3n) is 2.45. The molecule has 3 amide bonds. The van der Waals surface area contributed by atoms with Crippen LogP contribution in [0, 0.1) is 0 Å². The summed E-state index contributed by atoms with van der Waals surface area (Å²) in [5, 5.41) is 12.5. The van der Waals surface area contributed by atoms with Crippen LogP contribution < -0.4 is 10.6 Å². The van der Waals surface area contributed by atoms with Crippen molar-refractivity contribution < 1.29 is 14.0 Å². The molecule has 1 aromatic carbocycles. The predicted octanol–water partition coefficient (Wildman–Crippen LogP) is 1.21. The minimum Gasteiger partial charge on any atom is -0.416 e. The van der Waals surface area contributed by atoms with Crippen molar-refractivity contribution >= 4 is 23.7 Å². The van der Waals surface area contributed by atoms with Gasteiger partial charge in [0.05, 0.1) is 12.2 Å². The van der Waals surface area contributed by atoms with Crippen molar-refractivity contribution in [3.8, 4) is 0 Å². The normalized spacial score (nSPS) is 10.1. The van der Waals surface area contributed by atoms with Crippen molar-refractivity contribution in [3.63, 3.8) is 0 Å². The van der Waals surface area contributed by atoms with Gasteiger partial charge >= 0.3 is 6.03 Å². The predicted molar refractivity (Wildman–Crippen MR) is 76.9 cm³/mol. The largest absolute Gasteiger partial charge is 0.416 e. The summed E-state index contributed by atoms with van der Waals surface area (Å²) in [7, 11) is 1.43. The molecule has 1 aromatic heterocycles. The number of amides is 3. The van der Waals surface area contributed by atoms with E-state index in [1.54, 1.807) is 0 Å². The van der Waals surface area contributed by atoms with Gasteiger partial charge in [-0.1, -0.05) is 42.1 Å². The molecule has 2 rings (SSSR count). The second-order valence-electron chi connectivity index (χ2n) is 4.04. The van der Waals surface area contributed by atoms with Crippen LogP contribution in [0.2, 0.25) is 0 Å². The van der Waals surface area contributed by atoms with E-state index in [4.69, 9.17) is 4.42 Å². The Bertz CT molecular complexity index is 615. The van der Waals surface area contributed by atoms with Crippen LogP contribution in [-0.4, -0.2) is 34.9 Å². The third-order valence-corrected chi connectivity index (χ3v) is 3.27. The number of thioether (sulfide) groups is 1. The molecule has 8 heteroatoms. The van der Waals surface area contributed by atoms with Gasteiger partial charge in [-0.05, 0) is 5.56 Å². The summed E-state index contributed by atoms with van der Waals surface area (Å²) in [5.41, 5.74) is 1.06. The molecule has 7 nitrogen and oxygen atoms in total. The van der Waals surface area contributed by atoms with E-state index >= 15 is 0 Å². The van der Waals surface area contributed by atoms with Crippen molar-refractivity contribution in [3.05, 3.63) is 41.8 Å². The number of urea groups is 1. The number of carbonyl (C=O) groups is 2. The van der Waals surface area contributed by atoms with Gasteiger partial charge in [0, 0.05) is 7.05 Å². The van der Waals surface area contributed by atoms with Crippen LogP contribution in [0.1, 0.15) is 11.5 Å². The number of aromatic nitrogens is 2. The van der Waals surface area contributed by atoms with Crippen molar-refractivity contribution in [1.29, 1.82) is 0 Å². The first-order chi connectivity index (χ1) is 10.2. The molecule has 0 bridgehead atoms. The molecule has 110 valence electrons. The van der Waals surface area contributed by atoms with E-state index in [0.717, 1.165) is 17.3 Å². The fraction of sp³-hybridized carbons (Fsp3) is 0.231. The molecule has 0 atom stereocenters. The summed E-state index contributed by atoms with van der Waals surface area (Å²) >= 11 is 1.08. The number of rotatable bonds is 5. The smallest absolute Gasteiger partial charge is 0.321 e. The quantitative estimate of drug-likeness (QED) is 0.806. The number of nitrogens with zero attached hydrogens (tertiary/aromatic N) is 2. The van der Waals surface area contributed by atoms with Gasteiger partial charge in [-0.15, -0.1) is 10.2 Å². The average Bonchev–Trinajstić information content (AvgIpc) is 2.93. The molecule has 0 fully saturated rings. The Morgan fingerprint density at radius 2 is 2.00 bits per heavy atom. The zero-order chi connectivity index (χ0) is 15.1. The molecular formula is C13H14N4O3S. The number of imide groups is 1. The topological polar surface area (TPSA) is 97.1 Å². The number of nitrogens with one attached hydrogen (secondary N) is 2. The maximum Gasteiger partial charge on any atom is 0.321 e. The average molecular weight is 306 g/mol. The molecule has 0 saturated carbocycles. The molecule has 21 heavy (non-hydrogen) atoms. The standard InChI is InChI=1S/C13H14N4O3S/c1-14-12(19)15-10(18)8-21-13-17-16-11(20-13)7-9-5-3-2-4-6-9/h2-6H,7-8H2,1H3,(H2,14,15,18,19). The summed E-state index contributed by atoms with van der Waals surface area (Å²) in [6, 6.07) is 9.19. The Morgan fingerprint density at radius 3 is 2.71 bits per heavy atom. The first-order valence-corrected chi connectivity index (χ1v) is 7.16. The molecule has 0 spiro atoms. The second kappa shape index (κ2) is 7.44. The number of benzene rings is 1. The molecule has 0 aliphatic carbocycles. The maximum absolute atomic E-state index is 11.4. The van der Waals surface area contributed by atoms with Gasteiger partial charge in [0.2, 0.25) is 11.8 Å². The molecule has 0 radical (unpaired) electrons. The van der Waals surface area contributed by atoms with Crippen LogP contribution >= 0.6 is 11.8 Å². The van der Waals surface area contributed by atoms with Crippen molar-refractivity contribution in [2.75, 3.05) is 12.8 Å². The van der Waals surface area contributed by atoms with E-state index in [2.05, 4.69) is 20.8 Å². The van der Waals surface area contributed by atoms with Crippen LogP contribution in [0.3, 0.4) is 0 Å². The summed E-state index contributed by atoms with van der Waals surface area (Å²) in [4.78, 5) is 22.3. The lowest BCUT2D eigenvalue weighted by Crippen LogP contribution is -2.38. The highest BCUT2D eigenvalue weighted by molar-refractivity contribution is 7.99. The minimum absolute atomic E-state index is 0.0282. The fourth-order valence-electron chi connectivity index (χ4n) is 1.49. The van der Waals surface area contributed by atoms with E-state index in [1.165, 1.54) is 7.05 Å². The second-order valence-corrected chi connectivity index (χ2v) is 4.97. The Balaban J connectivity index is 1.83. The molecule has 0 unspecified atom stereocenters. The summed E-state index contributed by atoms with van der Waals surface area (Å²) in [6.07, 6.45) is 0.541. The summed E-state index contributed by atoms with van der Waals surface area (Å²) in [6.45, 7) is 0. The molecule has 0 aliphatic rings. The lowest BCUT2D eigenvalue weighted by molar-refractivity contribution is -0.117. The number of hydrogen-bond donors (Lipinski definition) is 2. The molecular weight excluding hydrogens is 292 g/mol. The zero-order valence-corrected chi connectivity index (χ0v) is 12.1. The summed E-state index contributed by atoms with van der Waals surface area (Å²) in [5.74, 6) is 0.0815. The highest BCUT2D eigenvalue weighted by Crippen LogP contribution is 2.17. The van der Waals surface area contributed by atoms with E-state index in [9.17, 15) is 9.59 Å². The maximum atomic E-state index is 11.4. The lowest BCUT2D eigenvalue weighted by Gasteiger charge is -2.00. The van der Waals surface area contributed by atoms with Gasteiger partial charge in [0.25, 0.3) is 5.22 Å². The van der Waals surface area contributed by atoms with Gasteiger partial charge in [0.15, 0.2) is 0 Å². The van der Waals surface area contributed by atoms with Crippen molar-refractivity contribution in [2.45, 2.75) is 11.6 Å². The third kappa shape index (κ3) is 4.92. The fourth-order valence-corrected chi connectivity index (χ4v) is 2.07. The van der Waals surface area contributed by atoms with Crippen LogP contribution in [0.5, 0.6) is 0 Å². The van der Waals surface area contributed by atoms with Crippen LogP contribution in [0.4, 0.5) is 4.79 Å². The minimum atomic E-state index is -0.545.